The molecule has 2 saturated carbocycles. The first-order valence-corrected chi connectivity index (χ1v) is 11.0. The third kappa shape index (κ3) is 2.77. The van der Waals surface area contributed by atoms with E-state index in [0.29, 0.717) is 13.2 Å². The third-order valence-electron chi connectivity index (χ3n) is 8.12. The molecule has 2 aliphatic carbocycles. The van der Waals surface area contributed by atoms with Gasteiger partial charge in [0.2, 0.25) is 0 Å². The molecular weight excluding hydrogens is 384 g/mol. The molecule has 0 unspecified atom stereocenters. The summed E-state index contributed by atoms with van der Waals surface area (Å²) in [5.41, 5.74) is 1.02. The van der Waals surface area contributed by atoms with Crippen LogP contribution in [0.25, 0.3) is 0 Å². The van der Waals surface area contributed by atoms with E-state index in [1.807, 2.05) is 38.1 Å². The highest BCUT2D eigenvalue weighted by molar-refractivity contribution is 5.89. The molecule has 4 atom stereocenters. The topological polar surface area (TPSA) is 71.1 Å². The SMILES string of the molecule is C[C@@]12CCC[C@]1(OCc1ccc(CO[C@]34CCC[C@@]3(C)C(=O)CO4)cc1)OCC2=O. The lowest BCUT2D eigenvalue weighted by atomic mass is 9.81. The van der Waals surface area contributed by atoms with Crippen LogP contribution in [0.15, 0.2) is 24.3 Å². The molecule has 0 bridgehead atoms. The van der Waals surface area contributed by atoms with Crippen LogP contribution in [-0.2, 0) is 41.8 Å². The number of fused-ring (bicyclic) bond motifs is 2. The maximum absolute atomic E-state index is 12.3. The minimum absolute atomic E-state index is 0.151. The van der Waals surface area contributed by atoms with Crippen molar-refractivity contribution in [2.45, 2.75) is 77.2 Å². The molecule has 6 heteroatoms. The highest BCUT2D eigenvalue weighted by atomic mass is 16.7. The van der Waals surface area contributed by atoms with Crippen molar-refractivity contribution in [3.63, 3.8) is 0 Å². The molecule has 6 nitrogen and oxygen atoms in total. The summed E-state index contributed by atoms with van der Waals surface area (Å²) in [5.74, 6) is -1.24. The van der Waals surface area contributed by atoms with E-state index in [1.54, 1.807) is 0 Å². The molecule has 4 fully saturated rings. The Morgan fingerprint density at radius 2 is 1.13 bits per heavy atom. The zero-order valence-corrected chi connectivity index (χ0v) is 17.8. The van der Waals surface area contributed by atoms with Crippen molar-refractivity contribution in [3.05, 3.63) is 35.4 Å². The van der Waals surface area contributed by atoms with Crippen molar-refractivity contribution in [3.8, 4) is 0 Å². The highest BCUT2D eigenvalue weighted by Gasteiger charge is 2.63. The smallest absolute Gasteiger partial charge is 0.181 e. The monoisotopic (exact) mass is 414 g/mol. The molecule has 0 N–H and O–H groups in total. The van der Waals surface area contributed by atoms with Gasteiger partial charge < -0.3 is 18.9 Å². The Labute approximate surface area is 177 Å². The van der Waals surface area contributed by atoms with Gasteiger partial charge in [-0.05, 0) is 50.7 Å². The van der Waals surface area contributed by atoms with Gasteiger partial charge in [-0.25, -0.2) is 0 Å². The lowest BCUT2D eigenvalue weighted by Crippen LogP contribution is -2.44. The molecule has 2 heterocycles. The van der Waals surface area contributed by atoms with Crippen molar-refractivity contribution in [1.29, 1.82) is 0 Å². The Morgan fingerprint density at radius 3 is 1.53 bits per heavy atom. The van der Waals surface area contributed by atoms with Crippen LogP contribution in [0.1, 0.15) is 63.5 Å². The molecule has 4 aliphatic rings. The summed E-state index contributed by atoms with van der Waals surface area (Å²) in [4.78, 5) is 24.6. The average Bonchev–Trinajstić information content (AvgIpc) is 3.40. The number of hydrogen-bond acceptors (Lipinski definition) is 6. The molecule has 162 valence electrons. The van der Waals surface area contributed by atoms with Gasteiger partial charge >= 0.3 is 0 Å². The molecule has 0 aromatic heterocycles. The Balaban J connectivity index is 1.21. The van der Waals surface area contributed by atoms with Crippen molar-refractivity contribution in [2.75, 3.05) is 13.2 Å². The zero-order valence-electron chi connectivity index (χ0n) is 17.8. The maximum atomic E-state index is 12.3. The van der Waals surface area contributed by atoms with Crippen LogP contribution in [0.3, 0.4) is 0 Å². The minimum atomic E-state index is -0.774. The first kappa shape index (κ1) is 20.3. The fourth-order valence-electron chi connectivity index (χ4n) is 5.81. The van der Waals surface area contributed by atoms with Gasteiger partial charge in [0.15, 0.2) is 23.1 Å². The number of ether oxygens (including phenoxy) is 4. The second kappa shape index (κ2) is 6.95. The summed E-state index contributed by atoms with van der Waals surface area (Å²) in [7, 11) is 0. The van der Waals surface area contributed by atoms with E-state index >= 15 is 0 Å². The lowest BCUT2D eigenvalue weighted by Gasteiger charge is -2.35. The Hall–Kier alpha value is -1.60. The number of hydrogen-bond donors (Lipinski definition) is 0. The molecule has 2 saturated heterocycles. The highest BCUT2D eigenvalue weighted by Crippen LogP contribution is 2.55. The predicted molar refractivity (Wildman–Crippen MR) is 107 cm³/mol. The van der Waals surface area contributed by atoms with Crippen LogP contribution in [-0.4, -0.2) is 36.4 Å². The summed E-state index contributed by atoms with van der Waals surface area (Å²) in [6.07, 6.45) is 5.08. The largest absolute Gasteiger partial charge is 0.344 e. The van der Waals surface area contributed by atoms with Gasteiger partial charge in [-0.3, -0.25) is 9.59 Å². The van der Waals surface area contributed by atoms with E-state index in [1.165, 1.54) is 0 Å². The quantitative estimate of drug-likeness (QED) is 0.707. The van der Waals surface area contributed by atoms with E-state index in [2.05, 4.69) is 0 Å². The third-order valence-corrected chi connectivity index (χ3v) is 8.12. The van der Waals surface area contributed by atoms with Crippen molar-refractivity contribution >= 4 is 11.6 Å². The molecule has 1 aromatic carbocycles. The molecular formula is C24H30O6. The Morgan fingerprint density at radius 1 is 0.733 bits per heavy atom. The molecule has 0 radical (unpaired) electrons. The van der Waals surface area contributed by atoms with Crippen LogP contribution >= 0.6 is 0 Å². The lowest BCUT2D eigenvalue weighted by molar-refractivity contribution is -0.249. The predicted octanol–water partition coefficient (Wildman–Crippen LogP) is 3.69. The van der Waals surface area contributed by atoms with Crippen LogP contribution in [0.2, 0.25) is 0 Å². The van der Waals surface area contributed by atoms with Gasteiger partial charge in [0, 0.05) is 12.8 Å². The summed E-state index contributed by atoms with van der Waals surface area (Å²) in [5, 5.41) is 0. The zero-order chi connectivity index (χ0) is 21.0. The molecule has 0 amide bonds. The van der Waals surface area contributed by atoms with Crippen molar-refractivity contribution < 1.29 is 28.5 Å². The minimum Gasteiger partial charge on any atom is -0.344 e. The second-order valence-electron chi connectivity index (χ2n) is 9.69. The second-order valence-corrected chi connectivity index (χ2v) is 9.69. The van der Waals surface area contributed by atoms with Gasteiger partial charge in [0.05, 0.1) is 24.0 Å². The van der Waals surface area contributed by atoms with Gasteiger partial charge in [-0.1, -0.05) is 24.3 Å². The molecule has 0 spiro atoms. The van der Waals surface area contributed by atoms with E-state index in [4.69, 9.17) is 18.9 Å². The maximum Gasteiger partial charge on any atom is 0.181 e. The van der Waals surface area contributed by atoms with Crippen molar-refractivity contribution in [2.24, 2.45) is 10.8 Å². The number of carbonyl (C=O) groups excluding carboxylic acids is 2. The molecule has 5 rings (SSSR count). The fraction of sp³-hybridized carbons (Fsp3) is 0.667. The van der Waals surface area contributed by atoms with Gasteiger partial charge in [-0.2, -0.15) is 0 Å². The molecule has 1 aromatic rings. The Bertz CT molecular complexity index is 794. The summed E-state index contributed by atoms with van der Waals surface area (Å²) < 4.78 is 24.1. The molecule has 2 aliphatic heterocycles. The van der Waals surface area contributed by atoms with Crippen molar-refractivity contribution in [1.82, 2.24) is 0 Å². The van der Waals surface area contributed by atoms with Gasteiger partial charge in [0.25, 0.3) is 0 Å². The van der Waals surface area contributed by atoms with E-state index in [9.17, 15) is 9.59 Å². The first-order valence-electron chi connectivity index (χ1n) is 11.0. The van der Waals surface area contributed by atoms with E-state index in [-0.39, 0.29) is 24.8 Å². The summed E-state index contributed by atoms with van der Waals surface area (Å²) in [6.45, 7) is 5.06. The first-order chi connectivity index (χ1) is 14.3. The van der Waals surface area contributed by atoms with Crippen LogP contribution in [0.5, 0.6) is 0 Å². The van der Waals surface area contributed by atoms with Crippen LogP contribution in [0, 0.1) is 10.8 Å². The summed E-state index contributed by atoms with van der Waals surface area (Å²) in [6, 6.07) is 8.07. The number of Topliss-reactive ketones (excluding diaryl/α,β-unsaturated/α-hetero) is 2. The normalized spacial score (nSPS) is 40.2. The number of rotatable bonds is 6. The van der Waals surface area contributed by atoms with Crippen LogP contribution in [0.4, 0.5) is 0 Å². The van der Waals surface area contributed by atoms with E-state index in [0.717, 1.165) is 49.7 Å². The summed E-state index contributed by atoms with van der Waals surface area (Å²) >= 11 is 0. The van der Waals surface area contributed by atoms with Gasteiger partial charge in [0.1, 0.15) is 13.2 Å². The average molecular weight is 414 g/mol. The van der Waals surface area contributed by atoms with E-state index < -0.39 is 22.4 Å². The standard InChI is InChI=1S/C24H30O6/c1-21-9-3-11-23(21,29-15-19(21)25)27-13-17-5-7-18(8-6-17)14-28-24-12-4-10-22(24,2)20(26)16-30-24/h5-8H,3-4,9-16H2,1-2H3/t21-,22-,23-,24-/m0/s1. The fourth-order valence-corrected chi connectivity index (χ4v) is 5.81. The number of ketones is 2. The van der Waals surface area contributed by atoms with Crippen LogP contribution < -0.4 is 0 Å². The number of benzene rings is 1. The Kier molecular flexibility index (Phi) is 4.71. The molecule has 30 heavy (non-hydrogen) atoms. The number of carbonyl (C=O) groups is 2. The van der Waals surface area contributed by atoms with Gasteiger partial charge in [-0.15, -0.1) is 0 Å².